The summed E-state index contributed by atoms with van der Waals surface area (Å²) >= 11 is 0. The molecule has 6 aromatic rings. The first kappa shape index (κ1) is 30.8. The van der Waals surface area contributed by atoms with Gasteiger partial charge in [0, 0.05) is 53.9 Å². The molecule has 0 bridgehead atoms. The molecule has 4 aromatic carbocycles. The lowest BCUT2D eigenvalue weighted by molar-refractivity contribution is 0.0692. The highest BCUT2D eigenvalue weighted by atomic mass is 16.5. The Labute approximate surface area is 263 Å². The first-order valence-electron chi connectivity index (χ1n) is 15.0. The summed E-state index contributed by atoms with van der Waals surface area (Å²) in [6, 6.07) is 39.0. The van der Waals surface area contributed by atoms with Crippen molar-refractivity contribution in [3.05, 3.63) is 150 Å². The zero-order chi connectivity index (χ0) is 31.8. The molecule has 0 fully saturated rings. The van der Waals surface area contributed by atoms with Crippen molar-refractivity contribution in [1.29, 1.82) is 0 Å². The molecule has 6 nitrogen and oxygen atoms in total. The third-order valence-corrected chi connectivity index (χ3v) is 7.79. The molecule has 45 heavy (non-hydrogen) atoms. The van der Waals surface area contributed by atoms with E-state index in [-0.39, 0.29) is 16.9 Å². The minimum Gasteiger partial charge on any atom is -0.496 e. The van der Waals surface area contributed by atoms with E-state index in [9.17, 15) is 14.7 Å². The molecule has 0 amide bonds. The highest BCUT2D eigenvalue weighted by Gasteiger charge is 2.21. The molecule has 0 unspecified atom stereocenters. The number of rotatable bonds is 9. The van der Waals surface area contributed by atoms with Gasteiger partial charge in [0.15, 0.2) is 5.78 Å². The fourth-order valence-electron chi connectivity index (χ4n) is 5.53. The van der Waals surface area contributed by atoms with Crippen LogP contribution in [0, 0.1) is 0 Å². The van der Waals surface area contributed by atoms with Crippen molar-refractivity contribution < 1.29 is 19.4 Å². The molecular formula is C39H36N2O4. The molecule has 0 radical (unpaired) electrons. The molecule has 0 aliphatic carbocycles. The van der Waals surface area contributed by atoms with E-state index >= 15 is 0 Å². The number of carbonyl (C=O) groups excluding carboxylic acids is 1. The highest BCUT2D eigenvalue weighted by Crippen LogP contribution is 2.37. The van der Waals surface area contributed by atoms with Gasteiger partial charge in [-0.25, -0.2) is 4.79 Å². The standard InChI is InChI=1S/C20H15N.C19H21NO4/c1-3-9-16(10-4-1)18-15-21-14-8-7-13-19(21)20(18)17-11-5-2-6-12-17;1-4-20(5-2)13-10-11-16(17(12-13)24-3)18(21)14-8-6-7-9-15(14)19(22)23/h1-15H;6-12H,4-5H2,1-3H3,(H,22,23). The average Bonchev–Trinajstić information content (AvgIpc) is 3.49. The lowest BCUT2D eigenvalue weighted by Crippen LogP contribution is -2.22. The van der Waals surface area contributed by atoms with E-state index in [2.05, 4.69) is 114 Å². The number of aromatic nitrogens is 1. The van der Waals surface area contributed by atoms with Gasteiger partial charge < -0.3 is 19.1 Å². The van der Waals surface area contributed by atoms with E-state index < -0.39 is 5.97 Å². The second kappa shape index (κ2) is 14.2. The summed E-state index contributed by atoms with van der Waals surface area (Å²) < 4.78 is 7.57. The van der Waals surface area contributed by atoms with Gasteiger partial charge in [0.05, 0.1) is 23.8 Å². The van der Waals surface area contributed by atoms with E-state index in [1.165, 1.54) is 47.0 Å². The first-order valence-corrected chi connectivity index (χ1v) is 15.0. The largest absolute Gasteiger partial charge is 0.496 e. The summed E-state index contributed by atoms with van der Waals surface area (Å²) in [5.74, 6) is -1.06. The normalized spacial score (nSPS) is 10.6. The van der Waals surface area contributed by atoms with E-state index in [0.717, 1.165) is 18.8 Å². The summed E-state index contributed by atoms with van der Waals surface area (Å²) in [5.41, 5.74) is 7.75. The predicted molar refractivity (Wildman–Crippen MR) is 182 cm³/mol. The summed E-state index contributed by atoms with van der Waals surface area (Å²) in [6.07, 6.45) is 4.32. The van der Waals surface area contributed by atoms with Gasteiger partial charge in [-0.1, -0.05) is 84.9 Å². The van der Waals surface area contributed by atoms with Crippen LogP contribution in [0.4, 0.5) is 5.69 Å². The second-order valence-corrected chi connectivity index (χ2v) is 10.4. The Morgan fingerprint density at radius 3 is 1.93 bits per heavy atom. The topological polar surface area (TPSA) is 71.2 Å². The van der Waals surface area contributed by atoms with Crippen LogP contribution in [0.1, 0.15) is 40.1 Å². The molecule has 0 atom stereocenters. The minimum atomic E-state index is -1.13. The lowest BCUT2D eigenvalue weighted by atomic mass is 9.97. The third-order valence-electron chi connectivity index (χ3n) is 7.79. The summed E-state index contributed by atoms with van der Waals surface area (Å²) in [7, 11) is 1.50. The number of nitrogens with zero attached hydrogens (tertiary/aromatic N) is 2. The van der Waals surface area contributed by atoms with Crippen LogP contribution in [0.3, 0.4) is 0 Å². The molecule has 0 spiro atoms. The Morgan fingerprint density at radius 2 is 1.31 bits per heavy atom. The molecule has 0 aliphatic rings. The van der Waals surface area contributed by atoms with Gasteiger partial charge in [0.2, 0.25) is 0 Å². The van der Waals surface area contributed by atoms with Crippen LogP contribution in [0.25, 0.3) is 27.8 Å². The quantitative estimate of drug-likeness (QED) is 0.169. The Hall–Kier alpha value is -5.62. The number of benzene rings is 4. The van der Waals surface area contributed by atoms with Crippen LogP contribution in [0.15, 0.2) is 134 Å². The van der Waals surface area contributed by atoms with Gasteiger partial charge in [0.25, 0.3) is 0 Å². The van der Waals surface area contributed by atoms with Gasteiger partial charge in [-0.05, 0) is 55.3 Å². The van der Waals surface area contributed by atoms with Crippen molar-refractivity contribution in [3.8, 4) is 28.0 Å². The second-order valence-electron chi connectivity index (χ2n) is 10.4. The molecule has 0 saturated heterocycles. The van der Waals surface area contributed by atoms with Crippen molar-refractivity contribution in [2.24, 2.45) is 0 Å². The van der Waals surface area contributed by atoms with Gasteiger partial charge >= 0.3 is 5.97 Å². The zero-order valence-corrected chi connectivity index (χ0v) is 25.7. The molecule has 2 aromatic heterocycles. The van der Waals surface area contributed by atoms with Crippen LogP contribution in [0.2, 0.25) is 0 Å². The van der Waals surface area contributed by atoms with Gasteiger partial charge in [-0.3, -0.25) is 4.79 Å². The molecule has 6 rings (SSSR count). The minimum absolute atomic E-state index is 0.0163. The van der Waals surface area contributed by atoms with Crippen LogP contribution >= 0.6 is 0 Å². The number of pyridine rings is 1. The van der Waals surface area contributed by atoms with Crippen LogP contribution < -0.4 is 9.64 Å². The monoisotopic (exact) mass is 596 g/mol. The lowest BCUT2D eigenvalue weighted by Gasteiger charge is -2.22. The fraction of sp³-hybridized carbons (Fsp3) is 0.128. The number of fused-ring (bicyclic) bond motifs is 1. The molecule has 226 valence electrons. The van der Waals surface area contributed by atoms with Crippen LogP contribution in [-0.4, -0.2) is 41.5 Å². The number of methoxy groups -OCH3 is 1. The average molecular weight is 597 g/mol. The number of hydrogen-bond acceptors (Lipinski definition) is 4. The number of ketones is 1. The molecule has 0 saturated carbocycles. The summed E-state index contributed by atoms with van der Waals surface area (Å²) in [5, 5.41) is 9.28. The predicted octanol–water partition coefficient (Wildman–Crippen LogP) is 8.74. The number of ether oxygens (including phenoxy) is 1. The summed E-state index contributed by atoms with van der Waals surface area (Å²) in [4.78, 5) is 26.3. The number of anilines is 1. The number of carbonyl (C=O) groups is 2. The Bertz CT molecular complexity index is 1910. The molecule has 2 heterocycles. The highest BCUT2D eigenvalue weighted by molar-refractivity contribution is 6.15. The number of carboxylic acids is 1. The van der Waals surface area contributed by atoms with E-state index in [1.807, 2.05) is 12.1 Å². The Balaban J connectivity index is 0.000000179. The molecule has 6 heteroatoms. The number of hydrogen-bond donors (Lipinski definition) is 1. The van der Waals surface area contributed by atoms with Gasteiger partial charge in [0.1, 0.15) is 5.75 Å². The maximum atomic E-state index is 12.8. The van der Waals surface area contributed by atoms with Crippen LogP contribution in [0.5, 0.6) is 5.75 Å². The SMILES string of the molecule is CCN(CC)c1ccc(C(=O)c2ccccc2C(=O)O)c(OC)c1.c1ccc(-c2cn3ccccc3c2-c2ccccc2)cc1. The zero-order valence-electron chi connectivity index (χ0n) is 25.7. The maximum absolute atomic E-state index is 12.8. The number of aromatic carboxylic acids is 1. The van der Waals surface area contributed by atoms with E-state index in [1.54, 1.807) is 18.2 Å². The van der Waals surface area contributed by atoms with E-state index in [4.69, 9.17) is 4.74 Å². The van der Waals surface area contributed by atoms with Crippen molar-refractivity contribution in [1.82, 2.24) is 4.40 Å². The van der Waals surface area contributed by atoms with Crippen molar-refractivity contribution in [2.45, 2.75) is 13.8 Å². The Morgan fingerprint density at radius 1 is 0.711 bits per heavy atom. The van der Waals surface area contributed by atoms with Crippen molar-refractivity contribution >= 4 is 23.0 Å². The Kier molecular flexibility index (Phi) is 9.75. The van der Waals surface area contributed by atoms with E-state index in [0.29, 0.717) is 11.3 Å². The molecule has 0 aliphatic heterocycles. The smallest absolute Gasteiger partial charge is 0.336 e. The van der Waals surface area contributed by atoms with Gasteiger partial charge in [-0.15, -0.1) is 0 Å². The summed E-state index contributed by atoms with van der Waals surface area (Å²) in [6.45, 7) is 5.79. The van der Waals surface area contributed by atoms with Crippen molar-refractivity contribution in [3.63, 3.8) is 0 Å². The first-order chi connectivity index (χ1) is 22.0. The molecular weight excluding hydrogens is 560 g/mol. The fourth-order valence-corrected chi connectivity index (χ4v) is 5.53. The van der Waals surface area contributed by atoms with Crippen LogP contribution in [-0.2, 0) is 0 Å². The molecule has 1 N–H and O–H groups in total. The van der Waals surface area contributed by atoms with Gasteiger partial charge in [-0.2, -0.15) is 0 Å². The number of carboxylic acid groups (broad SMARTS) is 1. The maximum Gasteiger partial charge on any atom is 0.336 e. The third kappa shape index (κ3) is 6.65. The van der Waals surface area contributed by atoms with Crippen molar-refractivity contribution in [2.75, 3.05) is 25.1 Å².